The van der Waals surface area contributed by atoms with Crippen LogP contribution in [0.2, 0.25) is 0 Å². The van der Waals surface area contributed by atoms with Gasteiger partial charge in [-0.3, -0.25) is 15.1 Å². The molecule has 8 heteroatoms. The maximum Gasteiger partial charge on any atom is 0.373 e. The van der Waals surface area contributed by atoms with Gasteiger partial charge in [-0.05, 0) is 30.9 Å². The Bertz CT molecular complexity index is 981. The van der Waals surface area contributed by atoms with Crippen LogP contribution in [0.15, 0.2) is 42.9 Å². The first-order valence-electron chi connectivity index (χ1n) is 8.89. The van der Waals surface area contributed by atoms with Crippen molar-refractivity contribution in [3.8, 4) is 11.6 Å². The summed E-state index contributed by atoms with van der Waals surface area (Å²) in [5.74, 6) is 1.28. The zero-order valence-electron chi connectivity index (χ0n) is 14.9. The highest BCUT2D eigenvalue weighted by Crippen LogP contribution is 2.38. The molecule has 4 rings (SSSR count). The number of fused-ring (bicyclic) bond motifs is 1. The van der Waals surface area contributed by atoms with Crippen molar-refractivity contribution in [1.82, 2.24) is 15.0 Å². The van der Waals surface area contributed by atoms with Gasteiger partial charge in [-0.25, -0.2) is 4.98 Å². The number of anilines is 1. The molecule has 27 heavy (non-hydrogen) atoms. The van der Waals surface area contributed by atoms with Crippen LogP contribution in [-0.2, 0) is 0 Å². The van der Waals surface area contributed by atoms with Gasteiger partial charge in [0.1, 0.15) is 11.8 Å². The minimum Gasteiger partial charge on any atom is -0.431 e. The molecule has 138 valence electrons. The topological polar surface area (TPSA) is 94.3 Å². The van der Waals surface area contributed by atoms with Crippen molar-refractivity contribution in [2.24, 2.45) is 5.92 Å². The van der Waals surface area contributed by atoms with Crippen LogP contribution in [0.5, 0.6) is 11.6 Å². The molecular weight excluding hydrogens is 346 g/mol. The predicted molar refractivity (Wildman–Crippen MR) is 101 cm³/mol. The number of hydrogen-bond acceptors (Lipinski definition) is 7. The molecule has 3 heterocycles. The summed E-state index contributed by atoms with van der Waals surface area (Å²) in [5.41, 5.74) is 0.418. The van der Waals surface area contributed by atoms with E-state index in [1.165, 1.54) is 6.33 Å². The molecule has 0 bridgehead atoms. The van der Waals surface area contributed by atoms with Gasteiger partial charge in [-0.15, -0.1) is 0 Å². The zero-order chi connectivity index (χ0) is 18.8. The van der Waals surface area contributed by atoms with Crippen LogP contribution in [-0.4, -0.2) is 33.0 Å². The number of hydrogen-bond donors (Lipinski definition) is 0. The van der Waals surface area contributed by atoms with Crippen LogP contribution in [0, 0.1) is 16.0 Å². The van der Waals surface area contributed by atoms with Crippen LogP contribution in [0.25, 0.3) is 10.9 Å². The summed E-state index contributed by atoms with van der Waals surface area (Å²) in [6.07, 6.45) is 4.92. The minimum absolute atomic E-state index is 0.0678. The molecule has 0 spiro atoms. The number of pyridine rings is 1. The number of rotatable bonds is 4. The highest BCUT2D eigenvalue weighted by Gasteiger charge is 2.30. The fraction of sp³-hybridized carbons (Fsp3) is 0.316. The monoisotopic (exact) mass is 365 g/mol. The second-order valence-corrected chi connectivity index (χ2v) is 6.71. The van der Waals surface area contributed by atoms with Gasteiger partial charge in [0.2, 0.25) is 5.82 Å². The van der Waals surface area contributed by atoms with Gasteiger partial charge in [-0.2, -0.15) is 4.98 Å². The van der Waals surface area contributed by atoms with Crippen molar-refractivity contribution >= 4 is 22.4 Å². The number of piperidine rings is 1. The summed E-state index contributed by atoms with van der Waals surface area (Å²) in [4.78, 5) is 25.8. The molecule has 0 aliphatic carbocycles. The molecule has 3 aromatic rings. The molecule has 2 aromatic heterocycles. The summed E-state index contributed by atoms with van der Waals surface area (Å²) in [6.45, 7) is 3.65. The molecule has 8 nitrogen and oxygen atoms in total. The zero-order valence-corrected chi connectivity index (χ0v) is 14.9. The largest absolute Gasteiger partial charge is 0.431 e. The summed E-state index contributed by atoms with van der Waals surface area (Å²) >= 11 is 0. The first kappa shape index (κ1) is 17.1. The molecule has 1 aliphatic rings. The summed E-state index contributed by atoms with van der Waals surface area (Å²) in [6, 6.07) is 9.19. The lowest BCUT2D eigenvalue weighted by Gasteiger charge is -2.30. The number of nitrogens with zero attached hydrogens (tertiary/aromatic N) is 5. The van der Waals surface area contributed by atoms with Crippen LogP contribution in [0.4, 0.5) is 11.5 Å². The average Bonchev–Trinajstić information content (AvgIpc) is 2.68. The third kappa shape index (κ3) is 3.38. The number of benzene rings is 1. The van der Waals surface area contributed by atoms with Gasteiger partial charge < -0.3 is 9.64 Å². The third-order valence-electron chi connectivity index (χ3n) is 4.84. The predicted octanol–water partition coefficient (Wildman–Crippen LogP) is 3.96. The Labute approximate surface area is 156 Å². The Morgan fingerprint density at radius 3 is 2.70 bits per heavy atom. The van der Waals surface area contributed by atoms with Gasteiger partial charge in [0.05, 0.1) is 4.92 Å². The summed E-state index contributed by atoms with van der Waals surface area (Å²) in [7, 11) is 0. The van der Waals surface area contributed by atoms with E-state index in [0.717, 1.165) is 31.3 Å². The molecule has 1 saturated heterocycles. The van der Waals surface area contributed by atoms with Crippen molar-refractivity contribution in [3.63, 3.8) is 0 Å². The molecule has 0 amide bonds. The van der Waals surface area contributed by atoms with Gasteiger partial charge in [0.25, 0.3) is 0 Å². The Morgan fingerprint density at radius 1 is 1.15 bits per heavy atom. The van der Waals surface area contributed by atoms with Gasteiger partial charge in [0.15, 0.2) is 5.75 Å². The van der Waals surface area contributed by atoms with E-state index >= 15 is 0 Å². The average molecular weight is 365 g/mol. The van der Waals surface area contributed by atoms with Crippen molar-refractivity contribution in [2.45, 2.75) is 19.8 Å². The lowest BCUT2D eigenvalue weighted by atomic mass is 9.99. The number of ether oxygens (including phenoxy) is 1. The van der Waals surface area contributed by atoms with E-state index in [1.54, 1.807) is 12.3 Å². The first-order chi connectivity index (χ1) is 13.1. The molecule has 0 atom stereocenters. The lowest BCUT2D eigenvalue weighted by molar-refractivity contribution is -0.385. The maximum absolute atomic E-state index is 11.8. The van der Waals surface area contributed by atoms with Crippen LogP contribution >= 0.6 is 0 Å². The van der Waals surface area contributed by atoms with E-state index in [9.17, 15) is 10.1 Å². The Kier molecular flexibility index (Phi) is 4.53. The molecular formula is C19H19N5O3. The lowest BCUT2D eigenvalue weighted by Crippen LogP contribution is -2.34. The van der Waals surface area contributed by atoms with E-state index in [2.05, 4.69) is 21.9 Å². The van der Waals surface area contributed by atoms with Crippen LogP contribution in [0.3, 0.4) is 0 Å². The third-order valence-corrected chi connectivity index (χ3v) is 4.84. The van der Waals surface area contributed by atoms with E-state index in [4.69, 9.17) is 4.74 Å². The van der Waals surface area contributed by atoms with E-state index in [1.807, 2.05) is 29.2 Å². The van der Waals surface area contributed by atoms with Gasteiger partial charge >= 0.3 is 11.6 Å². The summed E-state index contributed by atoms with van der Waals surface area (Å²) in [5, 5.41) is 12.7. The van der Waals surface area contributed by atoms with Crippen molar-refractivity contribution in [1.29, 1.82) is 0 Å². The van der Waals surface area contributed by atoms with Gasteiger partial charge in [-0.1, -0.05) is 25.1 Å². The standard InChI is InChI=1S/C19H19N5O3/c1-13-7-10-23(11-8-13)18-17(24(25)26)19(22-12-21-18)27-15-6-2-4-14-5-3-9-20-16(14)15/h2-6,9,12-13H,7-8,10-11H2,1H3. The van der Waals surface area contributed by atoms with E-state index < -0.39 is 4.92 Å². The maximum atomic E-state index is 11.8. The van der Waals surface area contributed by atoms with Crippen LogP contribution in [0.1, 0.15) is 19.8 Å². The summed E-state index contributed by atoms with van der Waals surface area (Å²) < 4.78 is 5.85. The molecule has 1 aromatic carbocycles. The quantitative estimate of drug-likeness (QED) is 0.510. The fourth-order valence-corrected chi connectivity index (χ4v) is 3.30. The minimum atomic E-state index is -0.471. The molecule has 1 aliphatic heterocycles. The Balaban J connectivity index is 1.74. The Morgan fingerprint density at radius 2 is 1.93 bits per heavy atom. The number of nitro groups is 1. The SMILES string of the molecule is CC1CCN(c2ncnc(Oc3cccc4cccnc34)c2[N+](=O)[O-])CC1. The highest BCUT2D eigenvalue weighted by atomic mass is 16.6. The van der Waals surface area contributed by atoms with Gasteiger partial charge in [0, 0.05) is 24.7 Å². The fourth-order valence-electron chi connectivity index (χ4n) is 3.30. The normalized spacial score (nSPS) is 15.1. The van der Waals surface area contributed by atoms with Crippen molar-refractivity contribution in [3.05, 3.63) is 53.0 Å². The second-order valence-electron chi connectivity index (χ2n) is 6.71. The smallest absolute Gasteiger partial charge is 0.373 e. The molecule has 0 unspecified atom stereocenters. The molecule has 0 N–H and O–H groups in total. The Hall–Kier alpha value is -3.29. The van der Waals surface area contributed by atoms with Crippen LogP contribution < -0.4 is 9.64 Å². The molecule has 0 saturated carbocycles. The second kappa shape index (κ2) is 7.14. The first-order valence-corrected chi connectivity index (χ1v) is 8.89. The number of aromatic nitrogens is 3. The van der Waals surface area contributed by atoms with Crippen molar-refractivity contribution < 1.29 is 9.66 Å². The van der Waals surface area contributed by atoms with E-state index in [-0.39, 0.29) is 11.6 Å². The van der Waals surface area contributed by atoms with Crippen molar-refractivity contribution in [2.75, 3.05) is 18.0 Å². The molecule has 0 radical (unpaired) electrons. The van der Waals surface area contributed by atoms with E-state index in [0.29, 0.717) is 23.0 Å². The molecule has 1 fully saturated rings. The number of para-hydroxylation sites is 1. The highest BCUT2D eigenvalue weighted by molar-refractivity contribution is 5.84.